The third-order valence-corrected chi connectivity index (χ3v) is 7.26. The molecule has 0 fully saturated rings. The summed E-state index contributed by atoms with van der Waals surface area (Å²) in [4.78, 5) is 4.79. The molecule has 0 bridgehead atoms. The average molecular weight is 550 g/mol. The van der Waals surface area contributed by atoms with Gasteiger partial charge in [0.2, 0.25) is 0 Å². The second-order valence-corrected chi connectivity index (χ2v) is 10.5. The maximum absolute atomic E-state index is 6.11. The van der Waals surface area contributed by atoms with Crippen molar-refractivity contribution in [3.63, 3.8) is 0 Å². The summed E-state index contributed by atoms with van der Waals surface area (Å²) in [6, 6.07) is 28.6. The minimum absolute atomic E-state index is 0.464. The third kappa shape index (κ3) is 5.44. The quantitative estimate of drug-likeness (QED) is 0.220. The zero-order chi connectivity index (χ0) is 23.5. The Bertz CT molecular complexity index is 1450. The van der Waals surface area contributed by atoms with Crippen molar-refractivity contribution < 1.29 is 4.74 Å². The summed E-state index contributed by atoms with van der Waals surface area (Å²) in [7, 11) is 0. The molecule has 0 spiro atoms. The molecule has 5 rings (SSSR count). The normalized spacial score (nSPS) is 11.0. The number of hydrogen-bond donors (Lipinski definition) is 1. The first kappa shape index (κ1) is 22.9. The van der Waals surface area contributed by atoms with Crippen LogP contribution in [0.15, 0.2) is 89.4 Å². The molecule has 4 aromatic carbocycles. The Kier molecular flexibility index (Phi) is 6.86. The van der Waals surface area contributed by atoms with Gasteiger partial charge in [0.25, 0.3) is 0 Å². The molecule has 0 saturated carbocycles. The van der Waals surface area contributed by atoms with Crippen molar-refractivity contribution in [1.82, 2.24) is 4.98 Å². The van der Waals surface area contributed by atoms with E-state index in [0.29, 0.717) is 18.2 Å². The molecule has 0 atom stereocenters. The smallest absolute Gasteiger partial charge is 0.124 e. The highest BCUT2D eigenvalue weighted by Gasteiger charge is 2.08. The van der Waals surface area contributed by atoms with Crippen LogP contribution < -0.4 is 10.1 Å². The Morgan fingerprint density at radius 1 is 0.971 bits per heavy atom. The van der Waals surface area contributed by atoms with Crippen LogP contribution in [0.1, 0.15) is 16.7 Å². The summed E-state index contributed by atoms with van der Waals surface area (Å²) in [5, 5.41) is 5.26. The van der Waals surface area contributed by atoms with E-state index < -0.39 is 0 Å². The Labute approximate surface area is 216 Å². The summed E-state index contributed by atoms with van der Waals surface area (Å²) < 4.78 is 8.34. The molecule has 34 heavy (non-hydrogen) atoms. The van der Waals surface area contributed by atoms with Gasteiger partial charge in [0.15, 0.2) is 0 Å². The molecule has 0 aliphatic heterocycles. The number of nitrogens with one attached hydrogen (secondary N) is 1. The Morgan fingerprint density at radius 3 is 2.65 bits per heavy atom. The zero-order valence-corrected chi connectivity index (χ0v) is 21.7. The van der Waals surface area contributed by atoms with Gasteiger partial charge in [-0.3, -0.25) is 0 Å². The number of thiazole rings is 1. The number of halogens is 2. The van der Waals surface area contributed by atoms with Gasteiger partial charge in [0.05, 0.1) is 10.2 Å². The fourth-order valence-electron chi connectivity index (χ4n) is 3.70. The van der Waals surface area contributed by atoms with Crippen LogP contribution in [0.25, 0.3) is 20.8 Å². The number of benzene rings is 4. The number of ether oxygens (including phenoxy) is 1. The van der Waals surface area contributed by atoms with Crippen LogP contribution in [0.5, 0.6) is 5.75 Å². The molecule has 0 saturated heterocycles. The standard InChI is InChI=1S/C28H22BrClN2OS/c1-18-5-11-25-27(13-18)34-28(32-25)20-6-9-24(10-7-20)31-16-21-15-22(29)8-12-26(21)33-17-19-3-2-4-23(30)14-19/h2-15,31H,16-17H2,1H3. The first-order chi connectivity index (χ1) is 16.5. The van der Waals surface area contributed by atoms with Crippen LogP contribution in [0.4, 0.5) is 5.69 Å². The van der Waals surface area contributed by atoms with Gasteiger partial charge in [0, 0.05) is 32.9 Å². The maximum Gasteiger partial charge on any atom is 0.124 e. The lowest BCUT2D eigenvalue weighted by Gasteiger charge is -2.14. The first-order valence-corrected chi connectivity index (χ1v) is 12.9. The second kappa shape index (κ2) is 10.2. The van der Waals surface area contributed by atoms with Crippen LogP contribution in [-0.4, -0.2) is 4.98 Å². The molecule has 1 N–H and O–H groups in total. The fraction of sp³-hybridized carbons (Fsp3) is 0.107. The number of nitrogens with zero attached hydrogens (tertiary/aromatic N) is 1. The summed E-state index contributed by atoms with van der Waals surface area (Å²) in [5.41, 5.74) is 6.58. The molecule has 0 radical (unpaired) electrons. The summed E-state index contributed by atoms with van der Waals surface area (Å²) in [5.74, 6) is 0.845. The molecule has 1 aromatic heterocycles. The van der Waals surface area contributed by atoms with E-state index in [1.54, 1.807) is 11.3 Å². The van der Waals surface area contributed by atoms with E-state index in [9.17, 15) is 0 Å². The highest BCUT2D eigenvalue weighted by Crippen LogP contribution is 2.32. The predicted molar refractivity (Wildman–Crippen MR) is 147 cm³/mol. The van der Waals surface area contributed by atoms with Crippen LogP contribution in [-0.2, 0) is 13.2 Å². The van der Waals surface area contributed by atoms with Crippen LogP contribution >= 0.6 is 38.9 Å². The molecular formula is C28H22BrClN2OS. The van der Waals surface area contributed by atoms with E-state index in [-0.39, 0.29) is 0 Å². The van der Waals surface area contributed by atoms with Gasteiger partial charge in [-0.1, -0.05) is 45.7 Å². The number of fused-ring (bicyclic) bond motifs is 1. The minimum atomic E-state index is 0.464. The predicted octanol–water partition coefficient (Wildman–Crippen LogP) is 8.88. The second-order valence-electron chi connectivity index (χ2n) is 8.09. The van der Waals surface area contributed by atoms with Crippen molar-refractivity contribution in [2.75, 3.05) is 5.32 Å². The van der Waals surface area contributed by atoms with E-state index in [0.717, 1.165) is 43.1 Å². The topological polar surface area (TPSA) is 34.2 Å². The Morgan fingerprint density at radius 2 is 1.82 bits per heavy atom. The number of anilines is 1. The molecule has 0 aliphatic rings. The van der Waals surface area contributed by atoms with Gasteiger partial charge in [-0.15, -0.1) is 11.3 Å². The van der Waals surface area contributed by atoms with Crippen LogP contribution in [0, 0.1) is 6.92 Å². The average Bonchev–Trinajstić information content (AvgIpc) is 3.26. The SMILES string of the molecule is Cc1ccc2nc(-c3ccc(NCc4cc(Br)ccc4OCc4cccc(Cl)c4)cc3)sc2c1. The van der Waals surface area contributed by atoms with Gasteiger partial charge in [0.1, 0.15) is 17.4 Å². The largest absolute Gasteiger partial charge is 0.489 e. The van der Waals surface area contributed by atoms with Crippen LogP contribution in [0.3, 0.4) is 0 Å². The van der Waals surface area contributed by atoms with Crippen molar-refractivity contribution >= 4 is 54.8 Å². The lowest BCUT2D eigenvalue weighted by Crippen LogP contribution is -2.04. The molecule has 0 unspecified atom stereocenters. The molecule has 5 aromatic rings. The minimum Gasteiger partial charge on any atom is -0.489 e. The van der Waals surface area contributed by atoms with E-state index in [1.807, 2.05) is 36.4 Å². The van der Waals surface area contributed by atoms with Crippen LogP contribution in [0.2, 0.25) is 5.02 Å². The van der Waals surface area contributed by atoms with E-state index in [1.165, 1.54) is 10.3 Å². The lowest BCUT2D eigenvalue weighted by molar-refractivity contribution is 0.303. The van der Waals surface area contributed by atoms with Gasteiger partial charge in [-0.2, -0.15) is 0 Å². The summed E-state index contributed by atoms with van der Waals surface area (Å²) in [6.07, 6.45) is 0. The number of rotatable bonds is 7. The van der Waals surface area contributed by atoms with Gasteiger partial charge < -0.3 is 10.1 Å². The van der Waals surface area contributed by atoms with Gasteiger partial charge >= 0.3 is 0 Å². The molecule has 0 aliphatic carbocycles. The molecular weight excluding hydrogens is 528 g/mol. The highest BCUT2D eigenvalue weighted by atomic mass is 79.9. The monoisotopic (exact) mass is 548 g/mol. The van der Waals surface area contributed by atoms with Crippen molar-refractivity contribution in [3.8, 4) is 16.3 Å². The highest BCUT2D eigenvalue weighted by molar-refractivity contribution is 9.10. The number of aryl methyl sites for hydroxylation is 1. The van der Waals surface area contributed by atoms with Crippen molar-refractivity contribution in [2.45, 2.75) is 20.1 Å². The van der Waals surface area contributed by atoms with E-state index in [4.69, 9.17) is 21.3 Å². The Hall–Kier alpha value is -2.86. The molecule has 170 valence electrons. The third-order valence-electron chi connectivity index (χ3n) is 5.46. The zero-order valence-electron chi connectivity index (χ0n) is 18.5. The van der Waals surface area contributed by atoms with Gasteiger partial charge in [-0.05, 0) is 84.8 Å². The summed E-state index contributed by atoms with van der Waals surface area (Å²) >= 11 is 11.4. The van der Waals surface area contributed by atoms with Crippen molar-refractivity contribution in [3.05, 3.63) is 111 Å². The molecule has 3 nitrogen and oxygen atoms in total. The Balaban J connectivity index is 1.27. The molecule has 6 heteroatoms. The number of hydrogen-bond acceptors (Lipinski definition) is 4. The lowest BCUT2D eigenvalue weighted by atomic mass is 10.1. The fourth-order valence-corrected chi connectivity index (χ4v) is 5.39. The van der Waals surface area contributed by atoms with E-state index >= 15 is 0 Å². The maximum atomic E-state index is 6.11. The summed E-state index contributed by atoms with van der Waals surface area (Å²) in [6.45, 7) is 3.22. The van der Waals surface area contributed by atoms with Crippen molar-refractivity contribution in [2.24, 2.45) is 0 Å². The van der Waals surface area contributed by atoms with Crippen molar-refractivity contribution in [1.29, 1.82) is 0 Å². The molecule has 0 amide bonds. The first-order valence-electron chi connectivity index (χ1n) is 10.9. The van der Waals surface area contributed by atoms with Gasteiger partial charge in [-0.25, -0.2) is 4.98 Å². The molecule has 1 heterocycles. The number of aromatic nitrogens is 1. The van der Waals surface area contributed by atoms with E-state index in [2.05, 4.69) is 76.7 Å².